The molecule has 0 radical (unpaired) electrons. The molecule has 2 aromatic carbocycles. The van der Waals surface area contributed by atoms with Crippen LogP contribution in [0.25, 0.3) is 0 Å². The van der Waals surface area contributed by atoms with Gasteiger partial charge in [0, 0.05) is 21.4 Å². The molecule has 0 N–H and O–H groups in total. The van der Waals surface area contributed by atoms with E-state index in [-0.39, 0.29) is 35.2 Å². The summed E-state index contributed by atoms with van der Waals surface area (Å²) in [6.07, 6.45) is -3.45. The Morgan fingerprint density at radius 2 is 1.69 bits per heavy atom. The number of anilines is 1. The molecule has 6 nitrogen and oxygen atoms in total. The van der Waals surface area contributed by atoms with Crippen LogP contribution in [0.4, 0.5) is 23.2 Å². The van der Waals surface area contributed by atoms with Crippen molar-refractivity contribution in [2.24, 2.45) is 10.3 Å². The summed E-state index contributed by atoms with van der Waals surface area (Å²) in [5, 5.41) is 0. The number of carbonyl (C=O) groups excluding carboxylic acids is 1. The van der Waals surface area contributed by atoms with E-state index < -0.39 is 49.1 Å². The Balaban J connectivity index is 1.61. The number of hydrogen-bond acceptors (Lipinski definition) is 4. The van der Waals surface area contributed by atoms with Gasteiger partial charge < -0.3 is 0 Å². The van der Waals surface area contributed by atoms with E-state index >= 15 is 0 Å². The predicted molar refractivity (Wildman–Crippen MR) is 129 cm³/mol. The van der Waals surface area contributed by atoms with Crippen LogP contribution in [0.3, 0.4) is 0 Å². The molecule has 1 saturated heterocycles. The second kappa shape index (κ2) is 8.52. The number of benzene rings is 2. The van der Waals surface area contributed by atoms with Crippen molar-refractivity contribution in [3.63, 3.8) is 0 Å². The average molecular weight is 609 g/mol. The first-order chi connectivity index (χ1) is 16.8. The third kappa shape index (κ3) is 4.26. The van der Waals surface area contributed by atoms with Gasteiger partial charge in [0.2, 0.25) is 0 Å². The van der Waals surface area contributed by atoms with Crippen molar-refractivity contribution >= 4 is 47.3 Å². The molecule has 0 aromatic heterocycles. The van der Waals surface area contributed by atoms with Gasteiger partial charge in [-0.2, -0.15) is 17.5 Å². The maximum absolute atomic E-state index is 13.9. The van der Waals surface area contributed by atoms with Gasteiger partial charge in [0.25, 0.3) is 10.0 Å². The Labute approximate surface area is 214 Å². The van der Waals surface area contributed by atoms with Crippen molar-refractivity contribution in [3.8, 4) is 0 Å². The Hall–Kier alpha value is -1.99. The van der Waals surface area contributed by atoms with Gasteiger partial charge in [-0.1, -0.05) is 15.9 Å². The maximum atomic E-state index is 13.9. The van der Waals surface area contributed by atoms with Crippen LogP contribution in [0.5, 0.6) is 0 Å². The highest BCUT2D eigenvalue weighted by atomic mass is 79.9. The van der Waals surface area contributed by atoms with E-state index in [0.29, 0.717) is 15.7 Å². The fourth-order valence-corrected chi connectivity index (χ4v) is 9.77. The van der Waals surface area contributed by atoms with Crippen molar-refractivity contribution in [1.82, 2.24) is 0 Å². The summed E-state index contributed by atoms with van der Waals surface area (Å²) in [6, 6.07) is 9.17. The average Bonchev–Trinajstić information content (AvgIpc) is 3.59. The molecule has 1 unspecified atom stereocenters. The minimum absolute atomic E-state index is 0.00528. The number of rotatable bonds is 3. The fraction of sp³-hybridized carbons (Fsp3) is 0.435. The highest BCUT2D eigenvalue weighted by Gasteiger charge is 2.60. The summed E-state index contributed by atoms with van der Waals surface area (Å²) >= 11 is 3.43. The van der Waals surface area contributed by atoms with Gasteiger partial charge in [-0.15, -0.1) is 0 Å². The molecule has 1 saturated carbocycles. The van der Waals surface area contributed by atoms with Gasteiger partial charge in [-0.05, 0) is 79.6 Å². The lowest BCUT2D eigenvalue weighted by Crippen LogP contribution is -2.52. The van der Waals surface area contributed by atoms with Crippen LogP contribution >= 0.6 is 15.9 Å². The lowest BCUT2D eigenvalue weighted by Gasteiger charge is -2.42. The van der Waals surface area contributed by atoms with Gasteiger partial charge in [0.15, 0.2) is 0 Å². The van der Waals surface area contributed by atoms with Crippen LogP contribution in [-0.4, -0.2) is 42.3 Å². The number of amides is 1. The molecule has 2 aromatic rings. The van der Waals surface area contributed by atoms with E-state index in [1.807, 2.05) is 0 Å². The molecule has 5 rings (SSSR count). The maximum Gasteiger partial charge on any atom is 0.474 e. The fourth-order valence-electron chi connectivity index (χ4n) is 5.46. The summed E-state index contributed by atoms with van der Waals surface area (Å²) in [6.45, 7) is 0. The molecule has 3 aliphatic rings. The van der Waals surface area contributed by atoms with Gasteiger partial charge >= 0.3 is 12.1 Å². The van der Waals surface area contributed by atoms with Gasteiger partial charge in [0.05, 0.1) is 26.4 Å². The van der Waals surface area contributed by atoms with Crippen molar-refractivity contribution in [3.05, 3.63) is 58.3 Å². The Morgan fingerprint density at radius 3 is 2.25 bits per heavy atom. The Bertz CT molecular complexity index is 1450. The number of hydrogen-bond donors (Lipinski definition) is 0. The third-order valence-corrected chi connectivity index (χ3v) is 11.7. The van der Waals surface area contributed by atoms with E-state index in [1.165, 1.54) is 16.4 Å². The minimum Gasteiger partial charge on any atom is -0.262 e. The van der Waals surface area contributed by atoms with E-state index in [1.54, 1.807) is 18.2 Å². The summed E-state index contributed by atoms with van der Waals surface area (Å²) in [5.74, 6) is -3.45. The van der Waals surface area contributed by atoms with Gasteiger partial charge in [-0.25, -0.2) is 17.0 Å². The van der Waals surface area contributed by atoms with E-state index in [2.05, 4.69) is 20.3 Å². The number of carbonyl (C=O) groups is 1. The van der Waals surface area contributed by atoms with Crippen LogP contribution in [0.15, 0.2) is 56.2 Å². The lowest BCUT2D eigenvalue weighted by molar-refractivity contribution is -0.169. The molecule has 2 heterocycles. The summed E-state index contributed by atoms with van der Waals surface area (Å²) in [5.41, 5.74) is 0.324. The van der Waals surface area contributed by atoms with E-state index in [9.17, 15) is 35.0 Å². The molecule has 1 amide bonds. The molecule has 36 heavy (non-hydrogen) atoms. The smallest absolute Gasteiger partial charge is 0.262 e. The highest BCUT2D eigenvalue weighted by Crippen LogP contribution is 2.59. The standard InChI is InChI=1S/C23H21BrF4N2O4S2/c24-15-3-8-19-18(13-15)22(9-11-35(32,12-10-22)29-21(31)23(26,27)28)20(14-1-2-14)30(19)36(33,34)17-6-4-16(25)5-7-17/h3-8,13-14,20H,1-2,9-12H2. The van der Waals surface area contributed by atoms with Crippen molar-refractivity contribution in [2.75, 3.05) is 15.8 Å². The molecular formula is C23H21BrF4N2O4S2. The highest BCUT2D eigenvalue weighted by molar-refractivity contribution is 9.10. The summed E-state index contributed by atoms with van der Waals surface area (Å²) < 4.78 is 97.9. The van der Waals surface area contributed by atoms with E-state index in [0.717, 1.165) is 25.0 Å². The second-order valence-electron chi connectivity index (χ2n) is 9.43. The molecular weight excluding hydrogens is 588 g/mol. The first-order valence-corrected chi connectivity index (χ1v) is 15.3. The molecule has 2 fully saturated rings. The number of alkyl halides is 3. The number of sulfonamides is 1. The lowest BCUT2D eigenvalue weighted by atomic mass is 9.70. The van der Waals surface area contributed by atoms with E-state index in [4.69, 9.17) is 0 Å². The number of fused-ring (bicyclic) bond motifs is 2. The van der Waals surface area contributed by atoms with Crippen LogP contribution in [0.1, 0.15) is 31.2 Å². The SMILES string of the molecule is O=C(N=S1(=O)CCC2(CC1)c1cc(Br)ccc1N(S(=O)(=O)c1ccc(F)cc1)C2C1CC1)C(F)(F)F. The molecule has 1 aliphatic carbocycles. The molecule has 13 heteroatoms. The van der Waals surface area contributed by atoms with Crippen molar-refractivity contribution in [2.45, 2.75) is 48.2 Å². The zero-order valence-corrected chi connectivity index (χ0v) is 21.9. The van der Waals surface area contributed by atoms with Crippen molar-refractivity contribution < 1.29 is 35.0 Å². The summed E-state index contributed by atoms with van der Waals surface area (Å²) in [7, 11) is -7.58. The van der Waals surface area contributed by atoms with Crippen molar-refractivity contribution in [1.29, 1.82) is 0 Å². The Morgan fingerprint density at radius 1 is 1.08 bits per heavy atom. The normalized spacial score (nSPS) is 28.2. The zero-order chi connectivity index (χ0) is 26.1. The predicted octanol–water partition coefficient (Wildman–Crippen LogP) is 5.16. The molecule has 1 atom stereocenters. The molecule has 0 bridgehead atoms. The topological polar surface area (TPSA) is 83.9 Å². The zero-order valence-electron chi connectivity index (χ0n) is 18.7. The van der Waals surface area contributed by atoms with Crippen LogP contribution < -0.4 is 4.31 Å². The second-order valence-corrected chi connectivity index (χ2v) is 14.7. The third-order valence-electron chi connectivity index (χ3n) is 7.22. The first kappa shape index (κ1) is 25.7. The minimum atomic E-state index is -5.21. The largest absolute Gasteiger partial charge is 0.474 e. The number of halogens is 5. The summed E-state index contributed by atoms with van der Waals surface area (Å²) in [4.78, 5) is 11.4. The first-order valence-electron chi connectivity index (χ1n) is 11.2. The quantitative estimate of drug-likeness (QED) is 0.450. The van der Waals surface area contributed by atoms with Crippen LogP contribution in [-0.2, 0) is 30.0 Å². The molecule has 194 valence electrons. The molecule has 1 spiro atoms. The van der Waals surface area contributed by atoms with Gasteiger partial charge in [0.1, 0.15) is 5.82 Å². The monoisotopic (exact) mass is 608 g/mol. The van der Waals surface area contributed by atoms with Crippen LogP contribution in [0.2, 0.25) is 0 Å². The number of nitrogens with zero attached hydrogens (tertiary/aromatic N) is 2. The van der Waals surface area contributed by atoms with Crippen LogP contribution in [0, 0.1) is 11.7 Å². The molecule has 2 aliphatic heterocycles. The van der Waals surface area contributed by atoms with Gasteiger partial charge in [-0.3, -0.25) is 9.10 Å². The Kier molecular flexibility index (Phi) is 6.07.